The van der Waals surface area contributed by atoms with Crippen LogP contribution in [0.25, 0.3) is 0 Å². The lowest BCUT2D eigenvalue weighted by atomic mass is 9.89. The lowest BCUT2D eigenvalue weighted by Crippen LogP contribution is -2.17. The molecule has 0 bridgehead atoms. The minimum absolute atomic E-state index is 0.0344. The van der Waals surface area contributed by atoms with Gasteiger partial charge in [0.2, 0.25) is 0 Å². The Balaban J connectivity index is 1.93. The second-order valence-electron chi connectivity index (χ2n) is 8.58. The maximum absolute atomic E-state index is 12.3. The van der Waals surface area contributed by atoms with Crippen molar-refractivity contribution in [3.05, 3.63) is 24.3 Å². The molecule has 3 nitrogen and oxygen atoms in total. The van der Waals surface area contributed by atoms with Gasteiger partial charge in [0.25, 0.3) is 0 Å². The first kappa shape index (κ1) is 24.7. The molecule has 1 fully saturated rings. The Morgan fingerprint density at radius 2 is 1.37 bits per heavy atom. The average molecular weight is 399 g/mol. The van der Waals surface area contributed by atoms with Gasteiger partial charge in [-0.2, -0.15) is 0 Å². The van der Waals surface area contributed by atoms with Crippen LogP contribution in [0.4, 0.5) is 0 Å². The molecule has 0 aromatic heterocycles. The van der Waals surface area contributed by atoms with E-state index in [1.54, 1.807) is 0 Å². The van der Waals surface area contributed by atoms with Crippen molar-refractivity contribution in [1.29, 1.82) is 0 Å². The van der Waals surface area contributed by atoms with Gasteiger partial charge in [0.1, 0.15) is 0 Å². The van der Waals surface area contributed by atoms with Crippen LogP contribution in [0.15, 0.2) is 24.3 Å². The molecule has 1 aliphatic rings. The van der Waals surface area contributed by atoms with Gasteiger partial charge in [-0.3, -0.25) is 4.57 Å². The zero-order valence-electron chi connectivity index (χ0n) is 18.1. The summed E-state index contributed by atoms with van der Waals surface area (Å²) in [5.74, 6) is 0. The molecule has 1 rings (SSSR count). The summed E-state index contributed by atoms with van der Waals surface area (Å²) in [5.41, 5.74) is 0.0344. The van der Waals surface area contributed by atoms with Crippen LogP contribution in [-0.4, -0.2) is 19.4 Å². The third kappa shape index (κ3) is 13.4. The fourth-order valence-electron chi connectivity index (χ4n) is 3.50. The van der Waals surface area contributed by atoms with Crippen molar-refractivity contribution < 1.29 is 13.6 Å². The number of hydrogen-bond acceptors (Lipinski definition) is 3. The minimum Gasteiger partial charge on any atom is -0.306 e. The van der Waals surface area contributed by atoms with Crippen LogP contribution in [-0.2, 0) is 13.6 Å². The zero-order valence-corrected chi connectivity index (χ0v) is 19.0. The molecule has 0 spiro atoms. The van der Waals surface area contributed by atoms with Crippen LogP contribution in [0.5, 0.6) is 0 Å². The van der Waals surface area contributed by atoms with Gasteiger partial charge >= 0.3 is 7.60 Å². The lowest BCUT2D eigenvalue weighted by Gasteiger charge is -2.26. The van der Waals surface area contributed by atoms with Gasteiger partial charge in [0.05, 0.1) is 19.4 Å². The highest BCUT2D eigenvalue weighted by atomic mass is 31.2. The molecule has 4 heteroatoms. The van der Waals surface area contributed by atoms with E-state index in [0.717, 1.165) is 12.8 Å². The molecule has 0 saturated carbocycles. The largest absolute Gasteiger partial charge is 0.331 e. The molecule has 27 heavy (non-hydrogen) atoms. The van der Waals surface area contributed by atoms with Crippen molar-refractivity contribution in [2.75, 3.05) is 19.4 Å². The van der Waals surface area contributed by atoms with Crippen molar-refractivity contribution in [1.82, 2.24) is 0 Å². The van der Waals surface area contributed by atoms with Crippen LogP contribution in [0, 0.1) is 5.41 Å². The maximum Gasteiger partial charge on any atom is 0.331 e. The molecule has 158 valence electrons. The molecule has 0 aromatic carbocycles. The molecule has 0 amide bonds. The van der Waals surface area contributed by atoms with E-state index in [1.165, 1.54) is 64.2 Å². The molecular formula is C23H43O3P. The summed E-state index contributed by atoms with van der Waals surface area (Å²) in [7, 11) is -2.79. The summed E-state index contributed by atoms with van der Waals surface area (Å²) in [6.07, 6.45) is 24.7. The number of allylic oxidation sites excluding steroid dienone is 4. The first-order valence-corrected chi connectivity index (χ1v) is 12.9. The first-order valence-electron chi connectivity index (χ1n) is 11.2. The van der Waals surface area contributed by atoms with Crippen molar-refractivity contribution in [3.8, 4) is 0 Å². The fourth-order valence-corrected chi connectivity index (χ4v) is 5.67. The van der Waals surface area contributed by atoms with Gasteiger partial charge in [0, 0.05) is 0 Å². The molecule has 1 aliphatic heterocycles. The van der Waals surface area contributed by atoms with Gasteiger partial charge < -0.3 is 9.05 Å². The summed E-state index contributed by atoms with van der Waals surface area (Å²) < 4.78 is 23.0. The highest BCUT2D eigenvalue weighted by molar-refractivity contribution is 7.54. The average Bonchev–Trinajstić information content (AvgIpc) is 3.03. The maximum atomic E-state index is 12.3. The number of hydrogen-bond donors (Lipinski definition) is 0. The lowest BCUT2D eigenvalue weighted by molar-refractivity contribution is 0.300. The van der Waals surface area contributed by atoms with E-state index in [0.29, 0.717) is 19.4 Å². The Labute approximate surface area is 168 Å². The van der Waals surface area contributed by atoms with Gasteiger partial charge in [-0.15, -0.1) is 0 Å². The standard InChI is InChI=1S/C23H43O3P/c1-4-5-6-7-8-9-10-11-12-13-14-15-16-17-18-19-23(2,3)22-27(24)25-20-21-26-27/h8-9,11-12H,4-7,10,13-22H2,1-3H3/b9-8-,12-11-. The molecule has 0 aliphatic carbocycles. The van der Waals surface area contributed by atoms with E-state index in [-0.39, 0.29) is 5.41 Å². The summed E-state index contributed by atoms with van der Waals surface area (Å²) in [6, 6.07) is 0. The Morgan fingerprint density at radius 3 is 2.00 bits per heavy atom. The number of unbranched alkanes of at least 4 members (excludes halogenated alkanes) is 8. The molecule has 0 unspecified atom stereocenters. The predicted octanol–water partition coefficient (Wildman–Crippen LogP) is 8.07. The van der Waals surface area contributed by atoms with Gasteiger partial charge in [0.15, 0.2) is 0 Å². The molecule has 1 heterocycles. The van der Waals surface area contributed by atoms with E-state index in [4.69, 9.17) is 9.05 Å². The summed E-state index contributed by atoms with van der Waals surface area (Å²) in [4.78, 5) is 0. The molecule has 0 radical (unpaired) electrons. The quantitative estimate of drug-likeness (QED) is 0.150. The fraction of sp³-hybridized carbons (Fsp3) is 0.826. The highest BCUT2D eigenvalue weighted by Crippen LogP contribution is 2.56. The molecule has 0 atom stereocenters. The topological polar surface area (TPSA) is 35.5 Å². The van der Waals surface area contributed by atoms with E-state index in [2.05, 4.69) is 45.1 Å². The Hall–Kier alpha value is -0.370. The normalized spacial score (nSPS) is 17.4. The van der Waals surface area contributed by atoms with Crippen molar-refractivity contribution >= 4 is 7.60 Å². The predicted molar refractivity (Wildman–Crippen MR) is 118 cm³/mol. The van der Waals surface area contributed by atoms with Crippen LogP contribution in [0.1, 0.15) is 97.8 Å². The van der Waals surface area contributed by atoms with Gasteiger partial charge in [-0.1, -0.05) is 83.6 Å². The van der Waals surface area contributed by atoms with Crippen molar-refractivity contribution in [3.63, 3.8) is 0 Å². The Kier molecular flexibility index (Phi) is 13.3. The van der Waals surface area contributed by atoms with Crippen LogP contribution < -0.4 is 0 Å². The van der Waals surface area contributed by atoms with Gasteiger partial charge in [-0.05, 0) is 43.9 Å². The molecule has 0 aromatic rings. The van der Waals surface area contributed by atoms with Crippen LogP contribution in [0.3, 0.4) is 0 Å². The highest BCUT2D eigenvalue weighted by Gasteiger charge is 2.36. The smallest absolute Gasteiger partial charge is 0.306 e. The summed E-state index contributed by atoms with van der Waals surface area (Å²) in [6.45, 7) is 7.58. The van der Waals surface area contributed by atoms with Crippen LogP contribution >= 0.6 is 7.60 Å². The van der Waals surface area contributed by atoms with Crippen molar-refractivity contribution in [2.24, 2.45) is 5.41 Å². The Morgan fingerprint density at radius 1 is 0.815 bits per heavy atom. The van der Waals surface area contributed by atoms with Crippen molar-refractivity contribution in [2.45, 2.75) is 97.8 Å². The molecule has 1 saturated heterocycles. The molecule has 0 N–H and O–H groups in total. The zero-order chi connectivity index (χ0) is 19.8. The summed E-state index contributed by atoms with van der Waals surface area (Å²) in [5, 5.41) is 0. The SMILES string of the molecule is CCCCC/C=C\C/C=C\CCCCCCCC(C)(C)CP1(=O)OCCO1. The number of rotatable bonds is 16. The minimum atomic E-state index is -2.79. The second kappa shape index (κ2) is 14.6. The third-order valence-electron chi connectivity index (χ3n) is 5.09. The third-order valence-corrected chi connectivity index (χ3v) is 7.48. The van der Waals surface area contributed by atoms with E-state index >= 15 is 0 Å². The van der Waals surface area contributed by atoms with Gasteiger partial charge in [-0.25, -0.2) is 0 Å². The Bertz CT molecular complexity index is 458. The van der Waals surface area contributed by atoms with E-state index in [9.17, 15) is 4.57 Å². The first-order chi connectivity index (χ1) is 13.0. The second-order valence-corrected chi connectivity index (χ2v) is 10.6. The van der Waals surface area contributed by atoms with E-state index < -0.39 is 7.60 Å². The monoisotopic (exact) mass is 398 g/mol. The molecular weight excluding hydrogens is 355 g/mol. The van der Waals surface area contributed by atoms with E-state index in [1.807, 2.05) is 0 Å². The van der Waals surface area contributed by atoms with Crippen LogP contribution in [0.2, 0.25) is 0 Å². The summed E-state index contributed by atoms with van der Waals surface area (Å²) >= 11 is 0.